The van der Waals surface area contributed by atoms with Crippen LogP contribution in [0.1, 0.15) is 119 Å². The molecule has 0 fully saturated rings. The second-order valence-electron chi connectivity index (χ2n) is 8.62. The highest BCUT2D eigenvalue weighted by atomic mass is 32.2. The summed E-state index contributed by atoms with van der Waals surface area (Å²) in [5, 5.41) is 6.75. The van der Waals surface area contributed by atoms with E-state index in [1.54, 1.807) is 0 Å². The summed E-state index contributed by atoms with van der Waals surface area (Å²) in [5.74, 6) is 0. The van der Waals surface area contributed by atoms with Crippen molar-refractivity contribution in [2.24, 2.45) is 0 Å². The van der Waals surface area contributed by atoms with Gasteiger partial charge >= 0.3 is 0 Å². The maximum absolute atomic E-state index is 5.64. The molecule has 0 saturated carbocycles. The van der Waals surface area contributed by atoms with E-state index in [-0.39, 0.29) is 9.49 Å². The molecule has 2 N–H and O–H groups in total. The van der Waals surface area contributed by atoms with Gasteiger partial charge < -0.3 is 10.6 Å². The van der Waals surface area contributed by atoms with Gasteiger partial charge in [0.2, 0.25) is 0 Å². The van der Waals surface area contributed by atoms with Crippen LogP contribution in [-0.2, 0) is 0 Å². The third-order valence-corrected chi connectivity index (χ3v) is 8.63. The van der Waals surface area contributed by atoms with E-state index >= 15 is 0 Å². The minimum absolute atomic E-state index is 0.240. The fraction of sp³-hybridized carbons (Fsp3) is 0.913. The molecule has 0 atom stereocenters. The number of unbranched alkanes of at least 4 members (excludes halogenated alkanes) is 4. The van der Waals surface area contributed by atoms with E-state index in [4.69, 9.17) is 24.4 Å². The number of hydrogen-bond acceptors (Lipinski definition) is 4. The van der Waals surface area contributed by atoms with Crippen molar-refractivity contribution in [3.8, 4) is 0 Å². The molecule has 0 amide bonds. The van der Waals surface area contributed by atoms with Gasteiger partial charge in [0, 0.05) is 9.49 Å². The van der Waals surface area contributed by atoms with Gasteiger partial charge in [-0.1, -0.05) is 127 Å². The van der Waals surface area contributed by atoms with Gasteiger partial charge in [-0.2, -0.15) is 0 Å². The number of hydrogen-bond donors (Lipinski definition) is 2. The molecule has 2 nitrogen and oxygen atoms in total. The molecule has 0 aromatic rings. The summed E-state index contributed by atoms with van der Waals surface area (Å²) in [7, 11) is 0. The van der Waals surface area contributed by atoms with Crippen LogP contribution >= 0.6 is 48.0 Å². The first-order chi connectivity index (χ1) is 13.7. The van der Waals surface area contributed by atoms with Crippen LogP contribution in [0.3, 0.4) is 0 Å². The Morgan fingerprint density at radius 3 is 1.14 bits per heavy atom. The van der Waals surface area contributed by atoms with E-state index in [9.17, 15) is 0 Å². The lowest BCUT2D eigenvalue weighted by Gasteiger charge is -2.30. The van der Waals surface area contributed by atoms with Crippen molar-refractivity contribution >= 4 is 56.6 Å². The first kappa shape index (κ1) is 29.5. The summed E-state index contributed by atoms with van der Waals surface area (Å²) in [6.45, 7) is 14.4. The Morgan fingerprint density at radius 1 is 0.621 bits per heavy atom. The predicted molar refractivity (Wildman–Crippen MR) is 146 cm³/mol. The van der Waals surface area contributed by atoms with E-state index in [0.717, 1.165) is 8.64 Å². The van der Waals surface area contributed by atoms with Crippen LogP contribution in [0.15, 0.2) is 0 Å². The minimum Gasteiger partial charge on any atom is -0.354 e. The Morgan fingerprint density at radius 2 is 0.897 bits per heavy atom. The van der Waals surface area contributed by atoms with Gasteiger partial charge in [-0.25, -0.2) is 0 Å². The number of rotatable bonds is 16. The SMILES string of the molecule is CCCCC(C)(CCCC)SC(=S)NCNC(=S)SC(C)(CCCC)CCCC. The zero-order chi connectivity index (χ0) is 22.2. The molecule has 6 heteroatoms. The second-order valence-corrected chi connectivity index (χ2v) is 13.2. The molecule has 0 radical (unpaired) electrons. The molecule has 0 aliphatic rings. The average Bonchev–Trinajstić information content (AvgIpc) is 2.67. The van der Waals surface area contributed by atoms with E-state index in [1.807, 2.05) is 23.5 Å². The standard InChI is InChI=1S/C23H46N2S4/c1-7-11-15-22(5,16-12-8-2)28-20(26)24-19-25-21(27)29-23(6,17-13-9-3)18-14-10-4/h7-19H2,1-6H3,(H,24,26)(H,25,27). The molecule has 172 valence electrons. The monoisotopic (exact) mass is 478 g/mol. The maximum atomic E-state index is 5.64. The molecule has 0 aliphatic carbocycles. The summed E-state index contributed by atoms with van der Waals surface area (Å²) in [5.41, 5.74) is 0. The summed E-state index contributed by atoms with van der Waals surface area (Å²) in [6.07, 6.45) is 14.9. The fourth-order valence-electron chi connectivity index (χ4n) is 3.37. The number of thioether (sulfide) groups is 2. The molecule has 0 spiro atoms. The lowest BCUT2D eigenvalue weighted by molar-refractivity contribution is 0.499. The molecule has 0 aromatic carbocycles. The lowest BCUT2D eigenvalue weighted by Crippen LogP contribution is -2.37. The van der Waals surface area contributed by atoms with E-state index < -0.39 is 0 Å². The van der Waals surface area contributed by atoms with Crippen LogP contribution in [0.5, 0.6) is 0 Å². The first-order valence-electron chi connectivity index (χ1n) is 11.7. The molecule has 0 heterocycles. The van der Waals surface area contributed by atoms with E-state index in [2.05, 4.69) is 52.2 Å². The summed E-state index contributed by atoms with van der Waals surface area (Å²) >= 11 is 15.0. The third kappa shape index (κ3) is 15.0. The number of nitrogens with one attached hydrogen (secondary N) is 2. The van der Waals surface area contributed by atoms with Gasteiger partial charge in [0.15, 0.2) is 0 Å². The first-order valence-corrected chi connectivity index (χ1v) is 14.1. The van der Waals surface area contributed by atoms with Crippen LogP contribution in [-0.4, -0.2) is 24.8 Å². The van der Waals surface area contributed by atoms with Crippen LogP contribution in [0.25, 0.3) is 0 Å². The third-order valence-electron chi connectivity index (χ3n) is 5.38. The molecule has 0 rings (SSSR count). The summed E-state index contributed by atoms with van der Waals surface area (Å²) < 4.78 is 2.26. The van der Waals surface area contributed by atoms with Crippen LogP contribution < -0.4 is 10.6 Å². The Balaban J connectivity index is 4.48. The van der Waals surface area contributed by atoms with Crippen molar-refractivity contribution in [1.82, 2.24) is 10.6 Å². The van der Waals surface area contributed by atoms with Crippen molar-refractivity contribution in [3.63, 3.8) is 0 Å². The van der Waals surface area contributed by atoms with Crippen molar-refractivity contribution in [2.45, 2.75) is 128 Å². The van der Waals surface area contributed by atoms with E-state index in [0.29, 0.717) is 6.67 Å². The van der Waals surface area contributed by atoms with Crippen molar-refractivity contribution in [2.75, 3.05) is 6.67 Å². The van der Waals surface area contributed by atoms with Gasteiger partial charge in [-0.3, -0.25) is 0 Å². The topological polar surface area (TPSA) is 24.1 Å². The summed E-state index contributed by atoms with van der Waals surface area (Å²) in [4.78, 5) is 0. The highest BCUT2D eigenvalue weighted by Gasteiger charge is 2.27. The van der Waals surface area contributed by atoms with E-state index in [1.165, 1.54) is 77.0 Å². The highest BCUT2D eigenvalue weighted by molar-refractivity contribution is 8.24. The molecule has 0 aromatic heterocycles. The maximum Gasteiger partial charge on any atom is 0.135 e. The van der Waals surface area contributed by atoms with Gasteiger partial charge in [-0.05, 0) is 39.5 Å². The quantitative estimate of drug-likeness (QED) is 0.170. The molecule has 0 saturated heterocycles. The van der Waals surface area contributed by atoms with Crippen molar-refractivity contribution in [3.05, 3.63) is 0 Å². The Bertz CT molecular complexity index is 398. The predicted octanol–water partition coefficient (Wildman–Crippen LogP) is 8.44. The number of thiocarbonyl (C=S) groups is 2. The molecule has 0 bridgehead atoms. The van der Waals surface area contributed by atoms with Gasteiger partial charge in [0.25, 0.3) is 0 Å². The van der Waals surface area contributed by atoms with Gasteiger partial charge in [0.1, 0.15) is 8.64 Å². The Labute approximate surface area is 201 Å². The normalized spacial score (nSPS) is 12.1. The van der Waals surface area contributed by atoms with Crippen molar-refractivity contribution in [1.29, 1.82) is 0 Å². The molecular weight excluding hydrogens is 433 g/mol. The van der Waals surface area contributed by atoms with Crippen LogP contribution in [0, 0.1) is 0 Å². The largest absolute Gasteiger partial charge is 0.354 e. The minimum atomic E-state index is 0.240. The molecule has 0 aliphatic heterocycles. The molecular formula is C23H46N2S4. The van der Waals surface area contributed by atoms with Crippen molar-refractivity contribution < 1.29 is 0 Å². The zero-order valence-electron chi connectivity index (χ0n) is 19.8. The molecule has 0 unspecified atom stereocenters. The smallest absolute Gasteiger partial charge is 0.135 e. The van der Waals surface area contributed by atoms with Crippen LogP contribution in [0.4, 0.5) is 0 Å². The zero-order valence-corrected chi connectivity index (χ0v) is 23.1. The Hall–Kier alpha value is 0.480. The second kappa shape index (κ2) is 17.1. The van der Waals surface area contributed by atoms with Crippen LogP contribution in [0.2, 0.25) is 0 Å². The highest BCUT2D eigenvalue weighted by Crippen LogP contribution is 2.37. The average molecular weight is 479 g/mol. The molecule has 29 heavy (non-hydrogen) atoms. The summed E-state index contributed by atoms with van der Waals surface area (Å²) in [6, 6.07) is 0. The van der Waals surface area contributed by atoms with Gasteiger partial charge in [-0.15, -0.1) is 0 Å². The fourth-order valence-corrected chi connectivity index (χ4v) is 6.89. The Kier molecular flexibility index (Phi) is 17.4. The van der Waals surface area contributed by atoms with Gasteiger partial charge in [0.05, 0.1) is 6.67 Å². The lowest BCUT2D eigenvalue weighted by atomic mass is 9.97.